The molecule has 0 aliphatic rings. The fraction of sp³-hybridized carbons (Fsp3) is 0.174. The molecular weight excluding hydrogens is 472 g/mol. The number of hydrogen-bond donors (Lipinski definition) is 1. The lowest BCUT2D eigenvalue weighted by atomic mass is 10.0. The highest BCUT2D eigenvalue weighted by atomic mass is 79.9. The molecule has 0 amide bonds. The van der Waals surface area contributed by atoms with E-state index in [1.807, 2.05) is 49.4 Å². The number of fused-ring (bicyclic) bond motifs is 1. The zero-order valence-corrected chi connectivity index (χ0v) is 19.0. The first kappa shape index (κ1) is 20.3. The van der Waals surface area contributed by atoms with Gasteiger partial charge in [-0.25, -0.2) is 10.1 Å². The number of aromatic nitrogens is 6. The van der Waals surface area contributed by atoms with E-state index < -0.39 is 0 Å². The molecule has 5 rings (SSSR count). The predicted octanol–water partition coefficient (Wildman–Crippen LogP) is 4.52. The van der Waals surface area contributed by atoms with Crippen LogP contribution in [0.1, 0.15) is 23.9 Å². The van der Waals surface area contributed by atoms with E-state index >= 15 is 0 Å². The molecule has 8 nitrogen and oxygen atoms in total. The third kappa shape index (κ3) is 3.44. The first-order valence-corrected chi connectivity index (χ1v) is 11.0. The van der Waals surface area contributed by atoms with Crippen molar-refractivity contribution in [2.45, 2.75) is 26.8 Å². The van der Waals surface area contributed by atoms with E-state index in [2.05, 4.69) is 41.5 Å². The summed E-state index contributed by atoms with van der Waals surface area (Å²) < 4.78 is 8.77. The summed E-state index contributed by atoms with van der Waals surface area (Å²) in [6, 6.07) is 13.7. The van der Waals surface area contributed by atoms with Gasteiger partial charge in [-0.1, -0.05) is 37.3 Å². The quantitative estimate of drug-likeness (QED) is 0.388. The van der Waals surface area contributed by atoms with Gasteiger partial charge in [-0.05, 0) is 51.0 Å². The lowest BCUT2D eigenvalue weighted by molar-refractivity contribution is 0.629. The normalized spacial score (nSPS) is 11.3. The van der Waals surface area contributed by atoms with E-state index in [4.69, 9.17) is 4.42 Å². The van der Waals surface area contributed by atoms with Crippen LogP contribution in [0, 0.1) is 6.92 Å². The summed E-state index contributed by atoms with van der Waals surface area (Å²) in [5, 5.41) is 15.1. The minimum Gasteiger partial charge on any atom is -0.455 e. The molecule has 5 aromatic rings. The van der Waals surface area contributed by atoms with Crippen LogP contribution in [0.5, 0.6) is 0 Å². The van der Waals surface area contributed by atoms with Gasteiger partial charge >= 0.3 is 0 Å². The second kappa shape index (κ2) is 8.16. The maximum Gasteiger partial charge on any atom is 0.256 e. The average Bonchev–Trinajstić information content (AvgIpc) is 3.46. The van der Waals surface area contributed by atoms with E-state index in [-0.39, 0.29) is 5.56 Å². The summed E-state index contributed by atoms with van der Waals surface area (Å²) in [5.74, 6) is 2.02. The predicted molar refractivity (Wildman–Crippen MR) is 124 cm³/mol. The Balaban J connectivity index is 1.60. The Labute approximate surface area is 191 Å². The number of aryl methyl sites for hydroxylation is 2. The molecule has 0 fully saturated rings. The van der Waals surface area contributed by atoms with E-state index in [9.17, 15) is 4.79 Å². The molecule has 9 heteroatoms. The van der Waals surface area contributed by atoms with Crippen LogP contribution in [0.15, 0.2) is 62.3 Å². The minimum atomic E-state index is -0.0153. The van der Waals surface area contributed by atoms with Crippen LogP contribution < -0.4 is 5.56 Å². The molecule has 32 heavy (non-hydrogen) atoms. The number of furan rings is 1. The largest absolute Gasteiger partial charge is 0.455 e. The standard InChI is InChI=1S/C23H19BrN6O2/c1-3-19-25-11-13(2)23(31)30(19)12-14-8-9-18-17(10-14)20(24)21(32-18)15-6-4-5-7-16(15)22-26-28-29-27-22/h4-11H,3,12H2,1-2H3,(H,26,27,28,29). The zero-order valence-electron chi connectivity index (χ0n) is 17.5. The lowest BCUT2D eigenvalue weighted by Gasteiger charge is -2.11. The Morgan fingerprint density at radius 1 is 1.16 bits per heavy atom. The molecule has 0 aliphatic heterocycles. The van der Waals surface area contributed by atoms with Gasteiger partial charge in [0.1, 0.15) is 17.2 Å². The summed E-state index contributed by atoms with van der Waals surface area (Å²) in [6.45, 7) is 4.23. The van der Waals surface area contributed by atoms with Crippen molar-refractivity contribution in [2.24, 2.45) is 0 Å². The highest BCUT2D eigenvalue weighted by Crippen LogP contribution is 2.41. The summed E-state index contributed by atoms with van der Waals surface area (Å²) in [4.78, 5) is 17.1. The number of H-pyrrole nitrogens is 1. The van der Waals surface area contributed by atoms with Crippen LogP contribution in [-0.2, 0) is 13.0 Å². The Bertz CT molecular complexity index is 1490. The van der Waals surface area contributed by atoms with Gasteiger partial charge in [0.05, 0.1) is 11.0 Å². The molecule has 0 saturated heterocycles. The molecule has 0 saturated carbocycles. The molecule has 3 heterocycles. The van der Waals surface area contributed by atoms with Crippen LogP contribution >= 0.6 is 15.9 Å². The van der Waals surface area contributed by atoms with Crippen molar-refractivity contribution >= 4 is 26.9 Å². The Morgan fingerprint density at radius 3 is 2.72 bits per heavy atom. The van der Waals surface area contributed by atoms with Gasteiger partial charge in [-0.2, -0.15) is 0 Å². The van der Waals surface area contributed by atoms with Gasteiger partial charge in [0.25, 0.3) is 5.56 Å². The van der Waals surface area contributed by atoms with Crippen molar-refractivity contribution < 1.29 is 4.42 Å². The van der Waals surface area contributed by atoms with Crippen molar-refractivity contribution in [3.8, 4) is 22.7 Å². The topological polar surface area (TPSA) is 102 Å². The van der Waals surface area contributed by atoms with Crippen molar-refractivity contribution in [1.29, 1.82) is 0 Å². The molecule has 2 aromatic carbocycles. The molecule has 3 aromatic heterocycles. The van der Waals surface area contributed by atoms with Gasteiger partial charge < -0.3 is 4.42 Å². The van der Waals surface area contributed by atoms with Gasteiger partial charge in [0.2, 0.25) is 0 Å². The second-order valence-electron chi connectivity index (χ2n) is 7.47. The first-order valence-electron chi connectivity index (χ1n) is 10.2. The molecule has 0 atom stereocenters. The number of tetrazole rings is 1. The summed E-state index contributed by atoms with van der Waals surface area (Å²) in [7, 11) is 0. The zero-order chi connectivity index (χ0) is 22.2. The maximum absolute atomic E-state index is 12.7. The fourth-order valence-corrected chi connectivity index (χ4v) is 4.41. The van der Waals surface area contributed by atoms with Crippen LogP contribution in [0.25, 0.3) is 33.7 Å². The minimum absolute atomic E-state index is 0.0153. The number of nitrogens with zero attached hydrogens (tertiary/aromatic N) is 5. The average molecular weight is 491 g/mol. The number of nitrogens with one attached hydrogen (secondary N) is 1. The van der Waals surface area contributed by atoms with Crippen LogP contribution in [0.3, 0.4) is 0 Å². The lowest BCUT2D eigenvalue weighted by Crippen LogP contribution is -2.27. The third-order valence-corrected chi connectivity index (χ3v) is 6.21. The Morgan fingerprint density at radius 2 is 1.97 bits per heavy atom. The van der Waals surface area contributed by atoms with Gasteiger partial charge in [-0.15, -0.1) is 5.10 Å². The molecule has 0 unspecified atom stereocenters. The van der Waals surface area contributed by atoms with E-state index in [1.54, 1.807) is 17.7 Å². The van der Waals surface area contributed by atoms with Gasteiger partial charge in [0, 0.05) is 34.7 Å². The number of halogens is 1. The molecule has 1 N–H and O–H groups in total. The molecule has 0 radical (unpaired) electrons. The van der Waals surface area contributed by atoms with E-state index in [0.717, 1.165) is 38.0 Å². The smallest absolute Gasteiger partial charge is 0.256 e. The van der Waals surface area contributed by atoms with Crippen LogP contribution in [0.4, 0.5) is 0 Å². The molecule has 0 spiro atoms. The maximum atomic E-state index is 12.7. The Kier molecular flexibility index (Phi) is 5.18. The fourth-order valence-electron chi connectivity index (χ4n) is 3.80. The van der Waals surface area contributed by atoms with Gasteiger partial charge in [0.15, 0.2) is 5.82 Å². The molecule has 160 valence electrons. The van der Waals surface area contributed by atoms with Crippen molar-refractivity contribution in [3.63, 3.8) is 0 Å². The number of hydrogen-bond acceptors (Lipinski definition) is 6. The second-order valence-corrected chi connectivity index (χ2v) is 8.27. The molecular formula is C23H19BrN6O2. The summed E-state index contributed by atoms with van der Waals surface area (Å²) >= 11 is 3.72. The monoisotopic (exact) mass is 490 g/mol. The van der Waals surface area contributed by atoms with Crippen molar-refractivity contribution in [2.75, 3.05) is 0 Å². The van der Waals surface area contributed by atoms with Crippen molar-refractivity contribution in [3.05, 3.63) is 80.4 Å². The third-order valence-electron chi connectivity index (χ3n) is 5.42. The first-order chi connectivity index (χ1) is 15.6. The van der Waals surface area contributed by atoms with Crippen molar-refractivity contribution in [1.82, 2.24) is 30.2 Å². The summed E-state index contributed by atoms with van der Waals surface area (Å²) in [6.07, 6.45) is 2.33. The number of benzene rings is 2. The summed E-state index contributed by atoms with van der Waals surface area (Å²) in [5.41, 5.74) is 4.05. The van der Waals surface area contributed by atoms with Crippen LogP contribution in [0.2, 0.25) is 0 Å². The highest BCUT2D eigenvalue weighted by Gasteiger charge is 2.19. The highest BCUT2D eigenvalue weighted by molar-refractivity contribution is 9.10. The Hall–Kier alpha value is -3.59. The number of rotatable bonds is 5. The van der Waals surface area contributed by atoms with E-state index in [1.165, 1.54) is 0 Å². The van der Waals surface area contributed by atoms with Gasteiger partial charge in [-0.3, -0.25) is 9.36 Å². The van der Waals surface area contributed by atoms with E-state index in [0.29, 0.717) is 30.1 Å². The number of aromatic amines is 1. The molecule has 0 bridgehead atoms. The van der Waals surface area contributed by atoms with Crippen LogP contribution in [-0.4, -0.2) is 30.2 Å². The molecule has 0 aliphatic carbocycles. The SMILES string of the molecule is CCc1ncc(C)c(=O)n1Cc1ccc2oc(-c3ccccc3-c3nnn[nH]3)c(Br)c2c1.